The molecule has 0 saturated carbocycles. The predicted octanol–water partition coefficient (Wildman–Crippen LogP) is 0.292. The largest absolute Gasteiger partial charge is 0.386 e. The number of nitrogens with zero attached hydrogens (tertiary/aromatic N) is 1. The van der Waals surface area contributed by atoms with E-state index in [1.165, 1.54) is 18.5 Å². The second-order valence-corrected chi connectivity index (χ2v) is 3.44. The first-order chi connectivity index (χ1) is 5.91. The summed E-state index contributed by atoms with van der Waals surface area (Å²) in [6.07, 6.45) is 1.29. The van der Waals surface area contributed by atoms with E-state index < -0.39 is 11.9 Å². The number of pyridine rings is 1. The fraction of sp³-hybridized carbons (Fsp3) is 0.444. The second-order valence-electron chi connectivity index (χ2n) is 3.44. The Morgan fingerprint density at radius 1 is 1.31 bits per heavy atom. The molecular weight excluding hydrogens is 170 g/mol. The van der Waals surface area contributed by atoms with Crippen LogP contribution in [0.4, 0.5) is 0 Å². The molecular formula is C9H13NO3. The minimum atomic E-state index is -1.55. The summed E-state index contributed by atoms with van der Waals surface area (Å²) in [5.41, 5.74) is -0.185. The van der Waals surface area contributed by atoms with Gasteiger partial charge in [-0.2, -0.15) is 0 Å². The lowest BCUT2D eigenvalue weighted by Crippen LogP contribution is -2.16. The average molecular weight is 183 g/mol. The van der Waals surface area contributed by atoms with Crippen molar-refractivity contribution in [1.29, 1.82) is 0 Å². The van der Waals surface area contributed by atoms with Crippen LogP contribution < -0.4 is 0 Å². The number of aliphatic hydroxyl groups is 3. The van der Waals surface area contributed by atoms with Crippen LogP contribution in [0, 0.1) is 0 Å². The summed E-state index contributed by atoms with van der Waals surface area (Å²) in [5.74, 6) is 0. The molecule has 1 aromatic heterocycles. The van der Waals surface area contributed by atoms with Gasteiger partial charge in [-0.1, -0.05) is 0 Å². The molecule has 0 amide bonds. The van der Waals surface area contributed by atoms with Crippen LogP contribution in [-0.2, 0) is 5.60 Å². The Morgan fingerprint density at radius 2 is 1.92 bits per heavy atom. The summed E-state index contributed by atoms with van der Waals surface area (Å²) in [6.45, 7) is 3.22. The van der Waals surface area contributed by atoms with Crippen LogP contribution in [0.25, 0.3) is 0 Å². The maximum Gasteiger partial charge on any atom is 0.179 e. The lowest BCUT2D eigenvalue weighted by molar-refractivity contribution is -0.0430. The smallest absolute Gasteiger partial charge is 0.179 e. The summed E-state index contributed by atoms with van der Waals surface area (Å²) in [5, 5.41) is 27.3. The standard InChI is InChI=1S/C9H13NO3/c1-9(2,13)7-3-6(8(11)12)4-10-5-7/h3-5,8,11-13H,1-2H3. The van der Waals surface area contributed by atoms with E-state index in [-0.39, 0.29) is 5.56 Å². The number of aromatic nitrogens is 1. The summed E-state index contributed by atoms with van der Waals surface area (Å²) in [7, 11) is 0. The normalized spacial score (nSPS) is 12.2. The van der Waals surface area contributed by atoms with Crippen molar-refractivity contribution < 1.29 is 15.3 Å². The zero-order valence-electron chi connectivity index (χ0n) is 7.60. The fourth-order valence-electron chi connectivity index (χ4n) is 0.934. The summed E-state index contributed by atoms with van der Waals surface area (Å²) >= 11 is 0. The Morgan fingerprint density at radius 3 is 2.38 bits per heavy atom. The number of aliphatic hydroxyl groups excluding tert-OH is 1. The molecule has 0 fully saturated rings. The molecule has 0 radical (unpaired) electrons. The van der Waals surface area contributed by atoms with E-state index in [9.17, 15) is 5.11 Å². The molecule has 0 atom stereocenters. The topological polar surface area (TPSA) is 73.6 Å². The highest BCUT2D eigenvalue weighted by atomic mass is 16.5. The molecule has 0 unspecified atom stereocenters. The third kappa shape index (κ3) is 2.48. The predicted molar refractivity (Wildman–Crippen MR) is 46.7 cm³/mol. The second kappa shape index (κ2) is 3.41. The van der Waals surface area contributed by atoms with Crippen LogP contribution >= 0.6 is 0 Å². The van der Waals surface area contributed by atoms with Gasteiger partial charge < -0.3 is 15.3 Å². The van der Waals surface area contributed by atoms with Crippen LogP contribution in [0.1, 0.15) is 31.3 Å². The van der Waals surface area contributed by atoms with Gasteiger partial charge in [0.1, 0.15) is 0 Å². The molecule has 0 saturated heterocycles. The maximum atomic E-state index is 9.59. The number of hydrogen-bond donors (Lipinski definition) is 3. The van der Waals surface area contributed by atoms with Gasteiger partial charge in [0.2, 0.25) is 0 Å². The van der Waals surface area contributed by atoms with E-state index in [0.29, 0.717) is 5.56 Å². The molecule has 0 aliphatic heterocycles. The third-order valence-electron chi connectivity index (χ3n) is 1.76. The molecule has 0 bridgehead atoms. The number of hydrogen-bond acceptors (Lipinski definition) is 4. The van der Waals surface area contributed by atoms with Crippen LogP contribution in [0.15, 0.2) is 18.5 Å². The van der Waals surface area contributed by atoms with Crippen LogP contribution in [0.2, 0.25) is 0 Å². The highest BCUT2D eigenvalue weighted by Crippen LogP contribution is 2.20. The first-order valence-electron chi connectivity index (χ1n) is 3.95. The Bertz CT molecular complexity index is 291. The molecule has 4 heteroatoms. The molecule has 0 aromatic carbocycles. The van der Waals surface area contributed by atoms with Gasteiger partial charge in [0.25, 0.3) is 0 Å². The van der Waals surface area contributed by atoms with Gasteiger partial charge in [-0.25, -0.2) is 0 Å². The summed E-state index contributed by atoms with van der Waals surface area (Å²) in [6, 6.07) is 1.51. The van der Waals surface area contributed by atoms with Crippen molar-refractivity contribution in [2.24, 2.45) is 0 Å². The minimum absolute atomic E-state index is 0.277. The van der Waals surface area contributed by atoms with Crippen molar-refractivity contribution in [3.05, 3.63) is 29.6 Å². The quantitative estimate of drug-likeness (QED) is 0.576. The Hall–Kier alpha value is -0.970. The molecule has 3 N–H and O–H groups in total. The SMILES string of the molecule is CC(C)(O)c1cncc(C(O)O)c1. The Kier molecular flexibility index (Phi) is 2.66. The maximum absolute atomic E-state index is 9.59. The summed E-state index contributed by atoms with van der Waals surface area (Å²) < 4.78 is 0. The molecule has 1 heterocycles. The fourth-order valence-corrected chi connectivity index (χ4v) is 0.934. The van der Waals surface area contributed by atoms with Gasteiger partial charge in [0.05, 0.1) is 5.60 Å². The Labute approximate surface area is 76.5 Å². The zero-order chi connectivity index (χ0) is 10.1. The van der Waals surface area contributed by atoms with Gasteiger partial charge in [0, 0.05) is 23.5 Å². The number of rotatable bonds is 2. The van der Waals surface area contributed by atoms with Gasteiger partial charge in [-0.3, -0.25) is 4.98 Å². The van der Waals surface area contributed by atoms with Crippen molar-refractivity contribution in [3.8, 4) is 0 Å². The third-order valence-corrected chi connectivity index (χ3v) is 1.76. The lowest BCUT2D eigenvalue weighted by atomic mass is 9.99. The minimum Gasteiger partial charge on any atom is -0.386 e. The van der Waals surface area contributed by atoms with Crippen molar-refractivity contribution in [1.82, 2.24) is 4.98 Å². The zero-order valence-corrected chi connectivity index (χ0v) is 7.60. The lowest BCUT2D eigenvalue weighted by Gasteiger charge is -2.18. The first-order valence-corrected chi connectivity index (χ1v) is 3.95. The van der Waals surface area contributed by atoms with Crippen molar-refractivity contribution in [3.63, 3.8) is 0 Å². The van der Waals surface area contributed by atoms with Crippen molar-refractivity contribution in [2.75, 3.05) is 0 Å². The molecule has 4 nitrogen and oxygen atoms in total. The van der Waals surface area contributed by atoms with Gasteiger partial charge in [-0.15, -0.1) is 0 Å². The molecule has 0 aliphatic rings. The van der Waals surface area contributed by atoms with Gasteiger partial charge in [-0.05, 0) is 19.9 Å². The molecule has 13 heavy (non-hydrogen) atoms. The summed E-state index contributed by atoms with van der Waals surface area (Å²) in [4.78, 5) is 3.79. The molecule has 72 valence electrons. The van der Waals surface area contributed by atoms with E-state index in [1.807, 2.05) is 0 Å². The molecule has 0 spiro atoms. The highest BCUT2D eigenvalue weighted by molar-refractivity contribution is 5.23. The molecule has 1 rings (SSSR count). The van der Waals surface area contributed by atoms with E-state index in [2.05, 4.69) is 4.98 Å². The van der Waals surface area contributed by atoms with Gasteiger partial charge >= 0.3 is 0 Å². The monoisotopic (exact) mass is 183 g/mol. The van der Waals surface area contributed by atoms with E-state index in [0.717, 1.165) is 0 Å². The average Bonchev–Trinajstić information content (AvgIpc) is 2.03. The van der Waals surface area contributed by atoms with E-state index in [1.54, 1.807) is 13.8 Å². The van der Waals surface area contributed by atoms with Crippen LogP contribution in [0.3, 0.4) is 0 Å². The van der Waals surface area contributed by atoms with Crippen molar-refractivity contribution in [2.45, 2.75) is 25.7 Å². The van der Waals surface area contributed by atoms with Crippen LogP contribution in [-0.4, -0.2) is 20.3 Å². The van der Waals surface area contributed by atoms with E-state index in [4.69, 9.17) is 10.2 Å². The van der Waals surface area contributed by atoms with Gasteiger partial charge in [0.15, 0.2) is 6.29 Å². The van der Waals surface area contributed by atoms with Crippen molar-refractivity contribution >= 4 is 0 Å². The molecule has 0 aliphatic carbocycles. The first kappa shape index (κ1) is 10.1. The van der Waals surface area contributed by atoms with E-state index >= 15 is 0 Å². The van der Waals surface area contributed by atoms with Crippen LogP contribution in [0.5, 0.6) is 0 Å². The molecule has 1 aromatic rings. The Balaban J connectivity index is 3.06. The highest BCUT2D eigenvalue weighted by Gasteiger charge is 2.17.